The zero-order valence-electron chi connectivity index (χ0n) is 15.1. The molecule has 0 saturated heterocycles. The Morgan fingerprint density at radius 2 is 1.79 bits per heavy atom. The maximum atomic E-state index is 12.4. The van der Waals surface area contributed by atoms with Gasteiger partial charge < -0.3 is 10.1 Å². The Morgan fingerprint density at radius 1 is 1.04 bits per heavy atom. The van der Waals surface area contributed by atoms with Gasteiger partial charge in [-0.1, -0.05) is 30.3 Å². The normalized spacial score (nSPS) is 10.4. The predicted molar refractivity (Wildman–Crippen MR) is 109 cm³/mol. The Hall–Kier alpha value is -4.11. The first-order valence-corrected chi connectivity index (χ1v) is 8.62. The standard InChI is InChI=1S/C22H16N4O2/c1-28-18-10-7-15(8-11-18)20-19(13-23)21(27)26-22(25-20)24-17-9-6-14-4-2-3-5-16(14)12-17/h2-12H,1H3,(H2,24,25,26,27). The molecule has 0 aliphatic rings. The summed E-state index contributed by atoms with van der Waals surface area (Å²) in [6.45, 7) is 0. The van der Waals surface area contributed by atoms with Gasteiger partial charge in [-0.15, -0.1) is 0 Å². The fourth-order valence-electron chi connectivity index (χ4n) is 3.00. The number of hydrogen-bond acceptors (Lipinski definition) is 5. The van der Waals surface area contributed by atoms with E-state index in [1.807, 2.05) is 48.5 Å². The highest BCUT2D eigenvalue weighted by molar-refractivity contribution is 5.86. The summed E-state index contributed by atoms with van der Waals surface area (Å²) < 4.78 is 5.16. The first-order chi connectivity index (χ1) is 13.7. The average Bonchev–Trinajstić information content (AvgIpc) is 2.73. The number of benzene rings is 3. The van der Waals surface area contributed by atoms with Gasteiger partial charge in [-0.05, 0) is 47.2 Å². The molecule has 136 valence electrons. The molecule has 0 aliphatic heterocycles. The lowest BCUT2D eigenvalue weighted by Gasteiger charge is -2.10. The highest BCUT2D eigenvalue weighted by atomic mass is 16.5. The highest BCUT2D eigenvalue weighted by Crippen LogP contribution is 2.25. The topological polar surface area (TPSA) is 90.8 Å². The van der Waals surface area contributed by atoms with Gasteiger partial charge in [0.15, 0.2) is 0 Å². The molecule has 0 amide bonds. The van der Waals surface area contributed by atoms with Crippen LogP contribution in [0.3, 0.4) is 0 Å². The molecule has 4 aromatic rings. The van der Waals surface area contributed by atoms with E-state index in [9.17, 15) is 10.1 Å². The van der Waals surface area contributed by atoms with Gasteiger partial charge in [0.05, 0.1) is 12.8 Å². The molecule has 0 aliphatic carbocycles. The van der Waals surface area contributed by atoms with E-state index in [4.69, 9.17) is 4.74 Å². The Morgan fingerprint density at radius 3 is 2.50 bits per heavy atom. The van der Waals surface area contributed by atoms with Gasteiger partial charge in [0.25, 0.3) is 5.56 Å². The van der Waals surface area contributed by atoms with Crippen LogP contribution in [0.25, 0.3) is 22.0 Å². The van der Waals surface area contributed by atoms with Crippen LogP contribution in [0.15, 0.2) is 71.5 Å². The molecule has 1 heterocycles. The van der Waals surface area contributed by atoms with Crippen molar-refractivity contribution in [1.82, 2.24) is 9.97 Å². The van der Waals surface area contributed by atoms with Crippen LogP contribution in [-0.2, 0) is 0 Å². The molecule has 28 heavy (non-hydrogen) atoms. The van der Waals surface area contributed by atoms with Crippen molar-refractivity contribution < 1.29 is 4.74 Å². The molecule has 0 atom stereocenters. The van der Waals surface area contributed by atoms with Crippen molar-refractivity contribution in [3.63, 3.8) is 0 Å². The van der Waals surface area contributed by atoms with E-state index < -0.39 is 5.56 Å². The number of fused-ring (bicyclic) bond motifs is 1. The molecule has 0 saturated carbocycles. The number of nitrogens with zero attached hydrogens (tertiary/aromatic N) is 2. The van der Waals surface area contributed by atoms with E-state index in [0.29, 0.717) is 17.0 Å². The van der Waals surface area contributed by atoms with Gasteiger partial charge in [-0.25, -0.2) is 4.98 Å². The van der Waals surface area contributed by atoms with Crippen molar-refractivity contribution in [1.29, 1.82) is 5.26 Å². The Labute approximate surface area is 161 Å². The quantitative estimate of drug-likeness (QED) is 0.563. The summed E-state index contributed by atoms with van der Waals surface area (Å²) in [6, 6.07) is 22.9. The van der Waals surface area contributed by atoms with Crippen molar-refractivity contribution in [3.05, 3.63) is 82.6 Å². The Kier molecular flexibility index (Phi) is 4.48. The minimum Gasteiger partial charge on any atom is -0.497 e. The molecule has 3 aromatic carbocycles. The van der Waals surface area contributed by atoms with Crippen LogP contribution < -0.4 is 15.6 Å². The zero-order chi connectivity index (χ0) is 19.5. The first-order valence-electron chi connectivity index (χ1n) is 8.62. The number of methoxy groups -OCH3 is 1. The van der Waals surface area contributed by atoms with E-state index in [1.54, 1.807) is 31.4 Å². The molecule has 4 rings (SSSR count). The fourth-order valence-corrected chi connectivity index (χ4v) is 3.00. The molecule has 0 bridgehead atoms. The van der Waals surface area contributed by atoms with Crippen LogP contribution in [0.2, 0.25) is 0 Å². The van der Waals surface area contributed by atoms with Gasteiger partial charge >= 0.3 is 0 Å². The smallest absolute Gasteiger partial charge is 0.270 e. The SMILES string of the molecule is COc1ccc(-c2nc(Nc3ccc4ccccc4c3)[nH]c(=O)c2C#N)cc1. The van der Waals surface area contributed by atoms with E-state index >= 15 is 0 Å². The Balaban J connectivity index is 1.75. The maximum Gasteiger partial charge on any atom is 0.270 e. The molecule has 2 N–H and O–H groups in total. The van der Waals surface area contributed by atoms with Gasteiger partial charge in [-0.3, -0.25) is 9.78 Å². The zero-order valence-corrected chi connectivity index (χ0v) is 15.1. The summed E-state index contributed by atoms with van der Waals surface area (Å²) >= 11 is 0. The predicted octanol–water partition coefficient (Wildman–Crippen LogP) is 4.21. The number of aromatic amines is 1. The third-order valence-corrected chi connectivity index (χ3v) is 4.41. The van der Waals surface area contributed by atoms with Gasteiger partial charge in [0, 0.05) is 11.3 Å². The maximum absolute atomic E-state index is 12.4. The van der Waals surface area contributed by atoms with Gasteiger partial charge in [-0.2, -0.15) is 5.26 Å². The van der Waals surface area contributed by atoms with Crippen molar-refractivity contribution in [3.8, 4) is 23.1 Å². The highest BCUT2D eigenvalue weighted by Gasteiger charge is 2.14. The second kappa shape index (κ2) is 7.25. The molecule has 6 nitrogen and oxygen atoms in total. The van der Waals surface area contributed by atoms with Crippen LogP contribution in [0.5, 0.6) is 5.75 Å². The third kappa shape index (κ3) is 3.29. The van der Waals surface area contributed by atoms with Crippen LogP contribution >= 0.6 is 0 Å². The summed E-state index contributed by atoms with van der Waals surface area (Å²) in [5.74, 6) is 0.951. The lowest BCUT2D eigenvalue weighted by atomic mass is 10.1. The van der Waals surface area contributed by atoms with E-state index in [1.165, 1.54) is 0 Å². The fraction of sp³-hybridized carbons (Fsp3) is 0.0455. The summed E-state index contributed by atoms with van der Waals surface area (Å²) in [5.41, 5.74) is 1.23. The largest absolute Gasteiger partial charge is 0.497 e. The molecule has 0 radical (unpaired) electrons. The number of ether oxygens (including phenoxy) is 1. The van der Waals surface area contributed by atoms with Crippen LogP contribution in [0, 0.1) is 11.3 Å². The van der Waals surface area contributed by atoms with Crippen molar-refractivity contribution in [2.45, 2.75) is 0 Å². The van der Waals surface area contributed by atoms with E-state index in [0.717, 1.165) is 16.5 Å². The lowest BCUT2D eigenvalue weighted by Crippen LogP contribution is -2.16. The van der Waals surface area contributed by atoms with Crippen molar-refractivity contribution >= 4 is 22.4 Å². The summed E-state index contributed by atoms with van der Waals surface area (Å²) in [5, 5.41) is 14.7. The summed E-state index contributed by atoms with van der Waals surface area (Å²) in [4.78, 5) is 19.5. The number of rotatable bonds is 4. The number of nitriles is 1. The number of nitrogens with one attached hydrogen (secondary N) is 2. The van der Waals surface area contributed by atoms with Crippen LogP contribution in [0.4, 0.5) is 11.6 Å². The molecule has 0 spiro atoms. The molecular weight excluding hydrogens is 352 g/mol. The van der Waals surface area contributed by atoms with Gasteiger partial charge in [0.1, 0.15) is 17.4 Å². The van der Waals surface area contributed by atoms with Crippen molar-refractivity contribution in [2.75, 3.05) is 12.4 Å². The molecule has 1 aromatic heterocycles. The molecule has 6 heteroatoms. The Bertz CT molecular complexity index is 1250. The van der Waals surface area contributed by atoms with Gasteiger partial charge in [0.2, 0.25) is 5.95 Å². The first kappa shape index (κ1) is 17.3. The van der Waals surface area contributed by atoms with Crippen LogP contribution in [-0.4, -0.2) is 17.1 Å². The number of anilines is 2. The average molecular weight is 368 g/mol. The summed E-state index contributed by atoms with van der Waals surface area (Å²) in [6.07, 6.45) is 0. The second-order valence-electron chi connectivity index (χ2n) is 6.17. The van der Waals surface area contributed by atoms with E-state index in [2.05, 4.69) is 15.3 Å². The minimum atomic E-state index is -0.494. The number of aromatic nitrogens is 2. The molecule has 0 fully saturated rings. The number of hydrogen-bond donors (Lipinski definition) is 2. The van der Waals surface area contributed by atoms with Crippen molar-refractivity contribution in [2.24, 2.45) is 0 Å². The van der Waals surface area contributed by atoms with E-state index in [-0.39, 0.29) is 11.5 Å². The van der Waals surface area contributed by atoms with Crippen LogP contribution in [0.1, 0.15) is 5.56 Å². The second-order valence-corrected chi connectivity index (χ2v) is 6.17. The summed E-state index contributed by atoms with van der Waals surface area (Å²) in [7, 11) is 1.58. The molecular formula is C22H16N4O2. The third-order valence-electron chi connectivity index (χ3n) is 4.41. The number of H-pyrrole nitrogens is 1. The lowest BCUT2D eigenvalue weighted by molar-refractivity contribution is 0.415. The minimum absolute atomic E-state index is 0.0331. The molecule has 0 unspecified atom stereocenters. The monoisotopic (exact) mass is 368 g/mol.